The van der Waals surface area contributed by atoms with Crippen LogP contribution in [0.4, 0.5) is 0 Å². The molecular weight excluding hydrogens is 300 g/mol. The third-order valence-electron chi connectivity index (χ3n) is 8.07. The van der Waals surface area contributed by atoms with Gasteiger partial charge in [0, 0.05) is 12.1 Å². The van der Waals surface area contributed by atoms with Gasteiger partial charge in [0.05, 0.1) is 12.2 Å². The standard InChI is InChI=1S/C20H38N2O2/c1-11-15(7-9-17(23)19(11)21)13-3-5-14(6-4-13)16-8-10-18(24)20(22)12(16)2/h11-20,23-24H,3-10,21-22H2,1-2H3. The van der Waals surface area contributed by atoms with Crippen molar-refractivity contribution in [1.29, 1.82) is 0 Å². The summed E-state index contributed by atoms with van der Waals surface area (Å²) in [4.78, 5) is 0. The lowest BCUT2D eigenvalue weighted by atomic mass is 9.61. The van der Waals surface area contributed by atoms with E-state index in [0.29, 0.717) is 23.7 Å². The molecule has 3 fully saturated rings. The molecule has 3 aliphatic rings. The Kier molecular flexibility index (Phi) is 5.90. The van der Waals surface area contributed by atoms with Gasteiger partial charge in [-0.2, -0.15) is 0 Å². The van der Waals surface area contributed by atoms with E-state index in [1.165, 1.54) is 25.7 Å². The van der Waals surface area contributed by atoms with Crippen molar-refractivity contribution in [1.82, 2.24) is 0 Å². The first-order chi connectivity index (χ1) is 11.4. The highest BCUT2D eigenvalue weighted by atomic mass is 16.3. The lowest BCUT2D eigenvalue weighted by Gasteiger charge is -2.47. The van der Waals surface area contributed by atoms with Crippen LogP contribution in [0.3, 0.4) is 0 Å². The van der Waals surface area contributed by atoms with Gasteiger partial charge in [-0.3, -0.25) is 0 Å². The van der Waals surface area contributed by atoms with Gasteiger partial charge < -0.3 is 21.7 Å². The second kappa shape index (κ2) is 7.61. The highest BCUT2D eigenvalue weighted by Crippen LogP contribution is 2.47. The molecule has 4 nitrogen and oxygen atoms in total. The Bertz CT molecular complexity index is 372. The van der Waals surface area contributed by atoms with Crippen LogP contribution in [0, 0.1) is 35.5 Å². The molecule has 0 bridgehead atoms. The van der Waals surface area contributed by atoms with E-state index in [1.54, 1.807) is 0 Å². The fourth-order valence-corrected chi connectivity index (χ4v) is 6.24. The van der Waals surface area contributed by atoms with E-state index in [2.05, 4.69) is 13.8 Å². The molecule has 0 aromatic carbocycles. The number of hydrogen-bond donors (Lipinski definition) is 4. The Morgan fingerprint density at radius 2 is 0.917 bits per heavy atom. The predicted octanol–water partition coefficient (Wildman–Crippen LogP) is 2.26. The van der Waals surface area contributed by atoms with E-state index in [0.717, 1.165) is 37.5 Å². The first-order valence-electron chi connectivity index (χ1n) is 10.3. The van der Waals surface area contributed by atoms with Crippen molar-refractivity contribution in [2.45, 2.75) is 89.5 Å². The summed E-state index contributed by atoms with van der Waals surface area (Å²) < 4.78 is 0. The van der Waals surface area contributed by atoms with E-state index >= 15 is 0 Å². The number of aliphatic hydroxyl groups excluding tert-OH is 2. The molecule has 4 heteroatoms. The number of aliphatic hydroxyl groups is 2. The lowest BCUT2D eigenvalue weighted by molar-refractivity contribution is -0.00136. The van der Waals surface area contributed by atoms with Crippen LogP contribution in [-0.2, 0) is 0 Å². The van der Waals surface area contributed by atoms with Crippen LogP contribution in [0.2, 0.25) is 0 Å². The van der Waals surface area contributed by atoms with Crippen molar-refractivity contribution in [3.8, 4) is 0 Å². The molecule has 0 aromatic heterocycles. The quantitative estimate of drug-likeness (QED) is 0.621. The van der Waals surface area contributed by atoms with Gasteiger partial charge in [-0.15, -0.1) is 0 Å². The normalized spacial score (nSPS) is 53.8. The summed E-state index contributed by atoms with van der Waals surface area (Å²) in [6.07, 6.45) is 8.67. The van der Waals surface area contributed by atoms with Crippen LogP contribution in [0.1, 0.15) is 65.2 Å². The minimum atomic E-state index is -0.302. The zero-order valence-electron chi connectivity index (χ0n) is 15.5. The van der Waals surface area contributed by atoms with E-state index in [1.807, 2.05) is 0 Å². The predicted molar refractivity (Wildman–Crippen MR) is 97.2 cm³/mol. The molecule has 0 radical (unpaired) electrons. The highest BCUT2D eigenvalue weighted by molar-refractivity contribution is 4.95. The van der Waals surface area contributed by atoms with Crippen molar-refractivity contribution >= 4 is 0 Å². The van der Waals surface area contributed by atoms with Crippen molar-refractivity contribution in [3.63, 3.8) is 0 Å². The topological polar surface area (TPSA) is 92.5 Å². The van der Waals surface area contributed by atoms with Gasteiger partial charge in [-0.25, -0.2) is 0 Å². The molecule has 24 heavy (non-hydrogen) atoms. The lowest BCUT2D eigenvalue weighted by Crippen LogP contribution is -2.50. The smallest absolute Gasteiger partial charge is 0.0693 e. The van der Waals surface area contributed by atoms with Crippen LogP contribution >= 0.6 is 0 Å². The molecular formula is C20H38N2O2. The molecule has 8 atom stereocenters. The molecule has 0 aliphatic heterocycles. The SMILES string of the molecule is CC1C(N)C(O)CCC1C1CCC(C2CCC(O)C(N)C2C)CC1. The summed E-state index contributed by atoms with van der Waals surface area (Å²) in [7, 11) is 0. The molecule has 0 heterocycles. The molecule has 3 saturated carbocycles. The highest BCUT2D eigenvalue weighted by Gasteiger charge is 2.42. The van der Waals surface area contributed by atoms with Crippen molar-refractivity contribution in [2.24, 2.45) is 47.0 Å². The summed E-state index contributed by atoms with van der Waals surface area (Å²) in [6.45, 7) is 4.49. The molecule has 0 amide bonds. The Labute approximate surface area is 147 Å². The molecule has 3 aliphatic carbocycles. The maximum Gasteiger partial charge on any atom is 0.0693 e. The van der Waals surface area contributed by atoms with E-state index in [9.17, 15) is 10.2 Å². The molecule has 0 spiro atoms. The minimum Gasteiger partial charge on any atom is -0.392 e. The van der Waals surface area contributed by atoms with Gasteiger partial charge >= 0.3 is 0 Å². The van der Waals surface area contributed by atoms with Gasteiger partial charge in [-0.05, 0) is 86.9 Å². The average molecular weight is 339 g/mol. The van der Waals surface area contributed by atoms with E-state index in [-0.39, 0.29) is 24.3 Å². The summed E-state index contributed by atoms with van der Waals surface area (Å²) in [5.41, 5.74) is 12.4. The van der Waals surface area contributed by atoms with Gasteiger partial charge in [0.2, 0.25) is 0 Å². The van der Waals surface area contributed by atoms with Crippen LogP contribution in [-0.4, -0.2) is 34.5 Å². The third kappa shape index (κ3) is 3.53. The number of hydrogen-bond acceptors (Lipinski definition) is 4. The van der Waals surface area contributed by atoms with Crippen LogP contribution < -0.4 is 11.5 Å². The van der Waals surface area contributed by atoms with Crippen LogP contribution in [0.25, 0.3) is 0 Å². The Morgan fingerprint density at radius 3 is 1.25 bits per heavy atom. The Morgan fingerprint density at radius 1 is 0.583 bits per heavy atom. The van der Waals surface area contributed by atoms with Crippen LogP contribution in [0.15, 0.2) is 0 Å². The molecule has 6 N–H and O–H groups in total. The maximum absolute atomic E-state index is 9.99. The van der Waals surface area contributed by atoms with Gasteiger partial charge in [0.15, 0.2) is 0 Å². The second-order valence-electron chi connectivity index (χ2n) is 9.16. The first-order valence-corrected chi connectivity index (χ1v) is 10.3. The first kappa shape index (κ1) is 18.6. The minimum absolute atomic E-state index is 0.0423. The largest absolute Gasteiger partial charge is 0.392 e. The monoisotopic (exact) mass is 338 g/mol. The summed E-state index contributed by atoms with van der Waals surface area (Å²) in [5.74, 6) is 3.83. The van der Waals surface area contributed by atoms with Gasteiger partial charge in [0.25, 0.3) is 0 Å². The fraction of sp³-hybridized carbons (Fsp3) is 1.00. The fourth-order valence-electron chi connectivity index (χ4n) is 6.24. The van der Waals surface area contributed by atoms with Gasteiger partial charge in [-0.1, -0.05) is 13.8 Å². The zero-order chi connectivity index (χ0) is 17.4. The van der Waals surface area contributed by atoms with Crippen molar-refractivity contribution < 1.29 is 10.2 Å². The molecule has 3 rings (SSSR count). The van der Waals surface area contributed by atoms with E-state index in [4.69, 9.17) is 11.5 Å². The Balaban J connectivity index is 1.54. The third-order valence-corrected chi connectivity index (χ3v) is 8.07. The number of rotatable bonds is 2. The molecule has 140 valence electrons. The van der Waals surface area contributed by atoms with Gasteiger partial charge in [0.1, 0.15) is 0 Å². The molecule has 0 saturated heterocycles. The summed E-state index contributed by atoms with van der Waals surface area (Å²) in [6, 6.07) is -0.0846. The van der Waals surface area contributed by atoms with E-state index < -0.39 is 0 Å². The molecule has 0 aromatic rings. The van der Waals surface area contributed by atoms with Crippen molar-refractivity contribution in [3.05, 3.63) is 0 Å². The average Bonchev–Trinajstić information content (AvgIpc) is 2.58. The van der Waals surface area contributed by atoms with Crippen molar-refractivity contribution in [2.75, 3.05) is 0 Å². The Hall–Kier alpha value is -0.160. The second-order valence-corrected chi connectivity index (χ2v) is 9.16. The molecule has 8 unspecified atom stereocenters. The van der Waals surface area contributed by atoms with Crippen LogP contribution in [0.5, 0.6) is 0 Å². The zero-order valence-corrected chi connectivity index (χ0v) is 15.5. The summed E-state index contributed by atoms with van der Waals surface area (Å²) in [5, 5.41) is 20.0. The maximum atomic E-state index is 9.99. The summed E-state index contributed by atoms with van der Waals surface area (Å²) >= 11 is 0. The number of nitrogens with two attached hydrogens (primary N) is 2.